The van der Waals surface area contributed by atoms with Crippen LogP contribution in [0, 0.1) is 35.6 Å². The van der Waals surface area contributed by atoms with Crippen molar-refractivity contribution in [3.63, 3.8) is 0 Å². The Bertz CT molecular complexity index is 1510. The third-order valence-corrected chi connectivity index (χ3v) is 5.26. The standard InChI is InChI=1S/4C7H6O5.La.Li/c4*8-4-1-3(7(11)12)2-5(9)6(4)10;;/h4*1-2,8-10H,(H,11,12);;/q;;;;;+1/p-1. The van der Waals surface area contributed by atoms with Gasteiger partial charge in [0.2, 0.25) is 0 Å². The van der Waals surface area contributed by atoms with Crippen LogP contribution in [0.5, 0.6) is 69.0 Å². The van der Waals surface area contributed by atoms with Crippen molar-refractivity contribution in [3.8, 4) is 69.0 Å². The summed E-state index contributed by atoms with van der Waals surface area (Å²) in [6.07, 6.45) is 0. The fourth-order valence-corrected chi connectivity index (χ4v) is 2.91. The number of hydrogen-bond donors (Lipinski definition) is 15. The van der Waals surface area contributed by atoms with Crippen LogP contribution in [0.1, 0.15) is 41.4 Å². The molecule has 0 atom stereocenters. The molecule has 4 rings (SSSR count). The first kappa shape index (κ1) is 46.3. The number of rotatable bonds is 4. The van der Waals surface area contributed by atoms with Gasteiger partial charge in [-0.15, -0.1) is 0 Å². The van der Waals surface area contributed by atoms with Crippen molar-refractivity contribution in [3.05, 3.63) is 70.8 Å². The molecule has 0 bridgehead atoms. The van der Waals surface area contributed by atoms with Crippen LogP contribution in [0.3, 0.4) is 0 Å². The Balaban J connectivity index is 0. The molecule has 0 unspecified atom stereocenters. The average Bonchev–Trinajstić information content (AvgIpc) is 2.99. The SMILES string of the molecule is O=C(O)c1cc(O)c(O)c(O)c1.O=C(O)c1cc(O)c(O)c(O)c1.O=C(O)c1cc(O)c(O)c(O)c1.O=C([O-])c1cc(O)c(O)c(O)c1.[La].[Li+]. The molecule has 1 radical (unpaired) electrons. The Morgan fingerprint density at radius 1 is 0.360 bits per heavy atom. The van der Waals surface area contributed by atoms with E-state index in [4.69, 9.17) is 76.6 Å². The van der Waals surface area contributed by atoms with E-state index in [0.717, 1.165) is 48.5 Å². The van der Waals surface area contributed by atoms with Crippen LogP contribution in [-0.2, 0) is 0 Å². The Kier molecular flexibility index (Phi) is 18.4. The molecule has 0 spiro atoms. The molecule has 15 N–H and O–H groups in total. The molecule has 0 saturated heterocycles. The van der Waals surface area contributed by atoms with Crippen LogP contribution >= 0.6 is 0 Å². The zero-order chi connectivity index (χ0) is 37.2. The number of benzene rings is 4. The molecule has 0 fully saturated rings. The maximum Gasteiger partial charge on any atom is 1.00 e. The van der Waals surface area contributed by atoms with E-state index in [9.17, 15) is 24.3 Å². The van der Waals surface area contributed by atoms with E-state index < -0.39 is 98.4 Å². The maximum absolute atomic E-state index is 10.3. The molecular formula is C28H23LaLiO20. The number of phenolic OH excluding ortho intramolecular Hbond substituents is 12. The van der Waals surface area contributed by atoms with Gasteiger partial charge in [-0.05, 0) is 48.5 Å². The van der Waals surface area contributed by atoms with Crippen LogP contribution in [0.2, 0.25) is 0 Å². The zero-order valence-electron chi connectivity index (χ0n) is 24.9. The van der Waals surface area contributed by atoms with Crippen LogP contribution < -0.4 is 24.0 Å². The van der Waals surface area contributed by atoms with Crippen LogP contribution in [-0.4, -0.2) is 100 Å². The molecule has 0 amide bonds. The summed E-state index contributed by atoms with van der Waals surface area (Å²) in [5.41, 5.74) is -1.27. The number of hydrogen-bond acceptors (Lipinski definition) is 17. The molecule has 22 heteroatoms. The third-order valence-electron chi connectivity index (χ3n) is 5.26. The van der Waals surface area contributed by atoms with E-state index in [1.807, 2.05) is 0 Å². The molecule has 4 aromatic carbocycles. The van der Waals surface area contributed by atoms with Gasteiger partial charge in [0.25, 0.3) is 0 Å². The molecule has 0 aliphatic carbocycles. The predicted molar refractivity (Wildman–Crippen MR) is 151 cm³/mol. The Morgan fingerprint density at radius 3 is 0.620 bits per heavy atom. The fourth-order valence-electron chi connectivity index (χ4n) is 2.91. The Labute approximate surface area is 317 Å². The first-order valence-corrected chi connectivity index (χ1v) is 12.0. The molecule has 0 saturated carbocycles. The van der Waals surface area contributed by atoms with Gasteiger partial charge in [-0.1, -0.05) is 0 Å². The largest absolute Gasteiger partial charge is 1.00 e. The summed E-state index contributed by atoms with van der Waals surface area (Å²) in [6, 6.07) is 6.63. The number of carboxylic acid groups (broad SMARTS) is 4. The van der Waals surface area contributed by atoms with Gasteiger partial charge < -0.3 is 86.5 Å². The van der Waals surface area contributed by atoms with E-state index in [-0.39, 0.29) is 71.1 Å². The first-order chi connectivity index (χ1) is 22.1. The molecule has 0 aromatic heterocycles. The van der Waals surface area contributed by atoms with Gasteiger partial charge in [0.1, 0.15) is 0 Å². The van der Waals surface area contributed by atoms with Gasteiger partial charge >= 0.3 is 36.8 Å². The van der Waals surface area contributed by atoms with Crippen molar-refractivity contribution in [1.82, 2.24) is 0 Å². The summed E-state index contributed by atoms with van der Waals surface area (Å²) in [4.78, 5) is 41.1. The Morgan fingerprint density at radius 2 is 0.500 bits per heavy atom. The molecule has 4 aromatic rings. The zero-order valence-corrected chi connectivity index (χ0v) is 28.6. The minimum atomic E-state index is -1.54. The molecular weight excluding hydrogens is 802 g/mol. The van der Waals surface area contributed by atoms with Gasteiger partial charge in [0, 0.05) is 41.2 Å². The van der Waals surface area contributed by atoms with Gasteiger partial charge in [0.05, 0.1) is 22.7 Å². The van der Waals surface area contributed by atoms with E-state index in [2.05, 4.69) is 0 Å². The summed E-state index contributed by atoms with van der Waals surface area (Å²) in [7, 11) is 0. The first-order valence-electron chi connectivity index (χ1n) is 12.0. The van der Waals surface area contributed by atoms with Crippen molar-refractivity contribution in [2.75, 3.05) is 0 Å². The van der Waals surface area contributed by atoms with E-state index in [0.29, 0.717) is 0 Å². The minimum Gasteiger partial charge on any atom is -0.545 e. The fraction of sp³-hybridized carbons (Fsp3) is 0. The van der Waals surface area contributed by atoms with Gasteiger partial charge in [-0.3, -0.25) is 0 Å². The van der Waals surface area contributed by atoms with Gasteiger partial charge in [-0.25, -0.2) is 14.4 Å². The van der Waals surface area contributed by atoms with E-state index >= 15 is 0 Å². The number of carboxylic acids is 4. The molecule has 0 heterocycles. The van der Waals surface area contributed by atoms with Crippen molar-refractivity contribution in [2.45, 2.75) is 0 Å². The van der Waals surface area contributed by atoms with E-state index in [1.165, 1.54) is 0 Å². The van der Waals surface area contributed by atoms with E-state index in [1.54, 1.807) is 0 Å². The van der Waals surface area contributed by atoms with Gasteiger partial charge in [-0.2, -0.15) is 0 Å². The molecule has 259 valence electrons. The molecule has 50 heavy (non-hydrogen) atoms. The molecule has 20 nitrogen and oxygen atoms in total. The summed E-state index contributed by atoms with van der Waals surface area (Å²) in [5, 5.41) is 142. The number of carbonyl (C=O) groups is 4. The smallest absolute Gasteiger partial charge is 0.545 e. The van der Waals surface area contributed by atoms with Crippen molar-refractivity contribution in [1.29, 1.82) is 0 Å². The van der Waals surface area contributed by atoms with Crippen molar-refractivity contribution in [2.24, 2.45) is 0 Å². The normalized spacial score (nSPS) is 9.28. The van der Waals surface area contributed by atoms with Crippen LogP contribution in [0.25, 0.3) is 0 Å². The number of aromatic carboxylic acids is 4. The second-order valence-electron chi connectivity index (χ2n) is 8.66. The van der Waals surface area contributed by atoms with Crippen molar-refractivity contribution >= 4 is 23.9 Å². The summed E-state index contributed by atoms with van der Waals surface area (Å²) in [5.74, 6) is -13.7. The average molecular weight is 825 g/mol. The number of aromatic hydroxyl groups is 12. The molecule has 0 aliphatic rings. The second-order valence-corrected chi connectivity index (χ2v) is 8.66. The number of carbonyl (C=O) groups excluding carboxylic acids is 1. The monoisotopic (exact) mass is 825 g/mol. The third kappa shape index (κ3) is 13.0. The second kappa shape index (κ2) is 19.8. The van der Waals surface area contributed by atoms with Gasteiger partial charge in [0.15, 0.2) is 69.0 Å². The maximum atomic E-state index is 10.3. The topological polar surface area (TPSA) is 395 Å². The quantitative estimate of drug-likeness (QED) is 0.0758. The Hall–Kier alpha value is -5.85. The summed E-state index contributed by atoms with van der Waals surface area (Å²) < 4.78 is 0. The molecule has 0 aliphatic heterocycles. The summed E-state index contributed by atoms with van der Waals surface area (Å²) >= 11 is 0. The predicted octanol–water partition coefficient (Wildman–Crippen LogP) is -2.32. The van der Waals surface area contributed by atoms with Crippen LogP contribution in [0.15, 0.2) is 48.5 Å². The summed E-state index contributed by atoms with van der Waals surface area (Å²) in [6.45, 7) is 0. The van der Waals surface area contributed by atoms with Crippen LogP contribution in [0.4, 0.5) is 0 Å². The van der Waals surface area contributed by atoms with Crippen molar-refractivity contribution < 1.29 is 155 Å². The number of phenols is 12. The minimum absolute atomic E-state index is 0.